The lowest BCUT2D eigenvalue weighted by atomic mass is 10.1. The first-order valence-corrected chi connectivity index (χ1v) is 8.35. The lowest BCUT2D eigenvalue weighted by molar-refractivity contribution is -0.139. The number of carbonyl (C=O) groups is 1. The van der Waals surface area contributed by atoms with Crippen LogP contribution in [0.5, 0.6) is 0 Å². The maximum atomic E-state index is 12.6. The summed E-state index contributed by atoms with van der Waals surface area (Å²) >= 11 is 0. The van der Waals surface area contributed by atoms with Gasteiger partial charge in [0.2, 0.25) is 0 Å². The maximum absolute atomic E-state index is 12.6. The third kappa shape index (κ3) is 5.54. The second-order valence-electron chi connectivity index (χ2n) is 5.95. The highest BCUT2D eigenvalue weighted by atomic mass is 19.4. The van der Waals surface area contributed by atoms with E-state index in [2.05, 4.69) is 10.3 Å². The van der Waals surface area contributed by atoms with E-state index >= 15 is 0 Å². The molecule has 0 aliphatic heterocycles. The number of nitrogens with zero attached hydrogens (tertiary/aromatic N) is 3. The number of alkyl halides is 3. The van der Waals surface area contributed by atoms with Crippen LogP contribution in [0.25, 0.3) is 6.08 Å². The van der Waals surface area contributed by atoms with Crippen molar-refractivity contribution >= 4 is 12.0 Å². The van der Waals surface area contributed by atoms with Crippen LogP contribution < -0.4 is 0 Å². The average Bonchev–Trinajstić information content (AvgIpc) is 3.12. The topological polar surface area (TPSA) is 57.0 Å². The number of halogens is 3. The molecule has 0 saturated carbocycles. The minimum Gasteiger partial charge on any atom is -0.456 e. The van der Waals surface area contributed by atoms with Crippen molar-refractivity contribution in [1.82, 2.24) is 15.0 Å². The summed E-state index contributed by atoms with van der Waals surface area (Å²) in [5.74, 6) is -0.513. The largest absolute Gasteiger partial charge is 0.456 e. The van der Waals surface area contributed by atoms with Gasteiger partial charge in [0.25, 0.3) is 0 Å². The quantitative estimate of drug-likeness (QED) is 0.472. The van der Waals surface area contributed by atoms with Crippen LogP contribution in [0.1, 0.15) is 22.4 Å². The van der Waals surface area contributed by atoms with Gasteiger partial charge in [-0.1, -0.05) is 47.7 Å². The minimum atomic E-state index is -4.36. The molecular formula is C20H16F3N3O2. The summed E-state index contributed by atoms with van der Waals surface area (Å²) in [6, 6.07) is 14.1. The molecule has 1 heterocycles. The molecule has 0 saturated heterocycles. The van der Waals surface area contributed by atoms with Crippen LogP contribution in [-0.2, 0) is 28.9 Å². The van der Waals surface area contributed by atoms with Crippen molar-refractivity contribution < 1.29 is 22.7 Å². The molecule has 2 aromatic carbocycles. The summed E-state index contributed by atoms with van der Waals surface area (Å²) in [5.41, 5.74) is 1.26. The van der Waals surface area contributed by atoms with Crippen molar-refractivity contribution in [3.63, 3.8) is 0 Å². The number of carbonyl (C=O) groups excluding carboxylic acids is 1. The molecule has 8 heteroatoms. The number of hydrogen-bond acceptors (Lipinski definition) is 4. The van der Waals surface area contributed by atoms with E-state index in [1.165, 1.54) is 22.9 Å². The van der Waals surface area contributed by atoms with Gasteiger partial charge in [0.1, 0.15) is 12.3 Å². The summed E-state index contributed by atoms with van der Waals surface area (Å²) in [6.07, 6.45) is 0.176. The minimum absolute atomic E-state index is 0.0506. The van der Waals surface area contributed by atoms with Crippen LogP contribution >= 0.6 is 0 Å². The van der Waals surface area contributed by atoms with E-state index in [1.54, 1.807) is 12.3 Å². The molecule has 0 radical (unpaired) electrons. The van der Waals surface area contributed by atoms with Crippen LogP contribution in [0.2, 0.25) is 0 Å². The molecule has 28 heavy (non-hydrogen) atoms. The Balaban J connectivity index is 1.51. The first-order valence-electron chi connectivity index (χ1n) is 8.35. The van der Waals surface area contributed by atoms with Crippen LogP contribution in [0.15, 0.2) is 66.9 Å². The van der Waals surface area contributed by atoms with E-state index < -0.39 is 17.7 Å². The molecular weight excluding hydrogens is 371 g/mol. The molecule has 0 bridgehead atoms. The summed E-state index contributed by atoms with van der Waals surface area (Å²) in [4.78, 5) is 11.7. The molecule has 5 nitrogen and oxygen atoms in total. The third-order valence-electron chi connectivity index (χ3n) is 3.79. The molecule has 0 aliphatic rings. The molecule has 0 fully saturated rings. The molecule has 0 spiro atoms. The monoisotopic (exact) mass is 387 g/mol. The highest BCUT2D eigenvalue weighted by molar-refractivity contribution is 5.86. The Morgan fingerprint density at radius 2 is 1.79 bits per heavy atom. The van der Waals surface area contributed by atoms with Gasteiger partial charge in [0.05, 0.1) is 18.3 Å². The number of aromatic nitrogens is 3. The fourth-order valence-electron chi connectivity index (χ4n) is 2.39. The van der Waals surface area contributed by atoms with Gasteiger partial charge in [0.15, 0.2) is 0 Å². The van der Waals surface area contributed by atoms with Crippen molar-refractivity contribution in [2.75, 3.05) is 0 Å². The van der Waals surface area contributed by atoms with Gasteiger partial charge in [-0.3, -0.25) is 0 Å². The smallest absolute Gasteiger partial charge is 0.416 e. The highest BCUT2D eigenvalue weighted by Gasteiger charge is 2.29. The Labute approximate surface area is 159 Å². The zero-order valence-corrected chi connectivity index (χ0v) is 14.6. The lowest BCUT2D eigenvalue weighted by Crippen LogP contribution is -2.06. The number of hydrogen-bond donors (Lipinski definition) is 0. The average molecular weight is 387 g/mol. The summed E-state index contributed by atoms with van der Waals surface area (Å²) in [7, 11) is 0. The highest BCUT2D eigenvalue weighted by Crippen LogP contribution is 2.29. The van der Waals surface area contributed by atoms with Crippen molar-refractivity contribution in [3.8, 4) is 0 Å². The predicted octanol–water partition coefficient (Wildman–Crippen LogP) is 4.10. The van der Waals surface area contributed by atoms with Crippen molar-refractivity contribution in [3.05, 3.63) is 89.3 Å². The van der Waals surface area contributed by atoms with Crippen LogP contribution in [0.4, 0.5) is 13.2 Å². The fourth-order valence-corrected chi connectivity index (χ4v) is 2.39. The van der Waals surface area contributed by atoms with Crippen LogP contribution in [-0.4, -0.2) is 21.0 Å². The second kappa shape index (κ2) is 8.51. The summed E-state index contributed by atoms with van der Waals surface area (Å²) in [6.45, 7) is 0.206. The Morgan fingerprint density at radius 3 is 2.46 bits per heavy atom. The SMILES string of the molecule is O=C(/C=C/c1ccccc1)OCc1cn(Cc2ccc(C(F)(F)F)cc2)nn1. The second-order valence-corrected chi connectivity index (χ2v) is 5.95. The van der Waals surface area contributed by atoms with Crippen molar-refractivity contribution in [2.24, 2.45) is 0 Å². The van der Waals surface area contributed by atoms with E-state index in [0.717, 1.165) is 17.7 Å². The van der Waals surface area contributed by atoms with Gasteiger partial charge in [-0.05, 0) is 29.3 Å². The third-order valence-corrected chi connectivity index (χ3v) is 3.79. The standard InChI is InChI=1S/C20H16F3N3O2/c21-20(22,23)17-9-6-16(7-10-17)12-26-13-18(24-25-26)14-28-19(27)11-8-15-4-2-1-3-5-15/h1-11,13H,12,14H2/b11-8+. The Hall–Kier alpha value is -3.42. The molecule has 0 aliphatic carbocycles. The Morgan fingerprint density at radius 1 is 1.07 bits per heavy atom. The van der Waals surface area contributed by atoms with Crippen molar-refractivity contribution in [1.29, 1.82) is 0 Å². The lowest BCUT2D eigenvalue weighted by Gasteiger charge is -2.07. The Kier molecular flexibility index (Phi) is 5.88. The van der Waals surface area contributed by atoms with Gasteiger partial charge in [-0.15, -0.1) is 5.10 Å². The zero-order chi connectivity index (χ0) is 20.0. The number of rotatable bonds is 6. The summed E-state index contributed by atoms with van der Waals surface area (Å²) in [5, 5.41) is 7.78. The molecule has 144 valence electrons. The van der Waals surface area contributed by atoms with Gasteiger partial charge < -0.3 is 4.74 Å². The fraction of sp³-hybridized carbons (Fsp3) is 0.150. The Bertz CT molecular complexity index is 949. The van der Waals surface area contributed by atoms with E-state index in [1.807, 2.05) is 30.3 Å². The summed E-state index contributed by atoms with van der Waals surface area (Å²) < 4.78 is 44.3. The van der Waals surface area contributed by atoms with Gasteiger partial charge in [-0.2, -0.15) is 13.2 Å². The zero-order valence-electron chi connectivity index (χ0n) is 14.6. The van der Waals surface area contributed by atoms with E-state index in [9.17, 15) is 18.0 Å². The predicted molar refractivity (Wildman–Crippen MR) is 95.8 cm³/mol. The molecule has 0 atom stereocenters. The van der Waals surface area contributed by atoms with Crippen LogP contribution in [0.3, 0.4) is 0 Å². The molecule has 3 aromatic rings. The maximum Gasteiger partial charge on any atom is 0.416 e. The first kappa shape index (κ1) is 19.3. The molecule has 3 rings (SSSR count). The first-order chi connectivity index (χ1) is 13.4. The van der Waals surface area contributed by atoms with E-state index in [0.29, 0.717) is 11.3 Å². The molecule has 0 N–H and O–H groups in total. The van der Waals surface area contributed by atoms with Crippen molar-refractivity contribution in [2.45, 2.75) is 19.3 Å². The molecule has 0 unspecified atom stereocenters. The molecule has 1 aromatic heterocycles. The number of benzene rings is 2. The van der Waals surface area contributed by atoms with Gasteiger partial charge in [-0.25, -0.2) is 9.48 Å². The van der Waals surface area contributed by atoms with Gasteiger partial charge in [0, 0.05) is 6.08 Å². The normalized spacial score (nSPS) is 11.7. The van der Waals surface area contributed by atoms with Crippen LogP contribution in [0, 0.1) is 0 Å². The van der Waals surface area contributed by atoms with E-state index in [4.69, 9.17) is 4.74 Å². The number of esters is 1. The van der Waals surface area contributed by atoms with Gasteiger partial charge >= 0.3 is 12.1 Å². The number of ether oxygens (including phenoxy) is 1. The molecule has 0 amide bonds. The van der Waals surface area contributed by atoms with E-state index in [-0.39, 0.29) is 13.2 Å².